The molecule has 0 fully saturated rings. The van der Waals surface area contributed by atoms with E-state index in [1.54, 1.807) is 18.2 Å². The van der Waals surface area contributed by atoms with Crippen LogP contribution in [0.1, 0.15) is 25.2 Å². The third-order valence-corrected chi connectivity index (χ3v) is 3.09. The molecule has 0 aliphatic heterocycles. The fraction of sp³-hybridized carbons (Fsp3) is 0.286. The predicted octanol–water partition coefficient (Wildman–Crippen LogP) is 2.58. The standard InChI is InChI=1S/C14H16N4O3/c1-3-10-13(9-7-5-6-8-12(9)19)11(4-2)16-14(15-10)17-18(20)21/h5-8,19H,3-4H2,1-2H3,(H,15,16,17). The molecule has 0 saturated carbocycles. The van der Waals surface area contributed by atoms with Crippen LogP contribution >= 0.6 is 0 Å². The van der Waals surface area contributed by atoms with Crippen molar-refractivity contribution in [2.75, 3.05) is 5.43 Å². The second-order valence-electron chi connectivity index (χ2n) is 4.41. The second kappa shape index (κ2) is 6.17. The molecule has 2 N–H and O–H groups in total. The zero-order valence-corrected chi connectivity index (χ0v) is 11.8. The van der Waals surface area contributed by atoms with Gasteiger partial charge in [-0.25, -0.2) is 20.1 Å². The molecule has 0 atom stereocenters. The summed E-state index contributed by atoms with van der Waals surface area (Å²) in [6.07, 6.45) is 1.15. The van der Waals surface area contributed by atoms with Crippen LogP contribution in [0.3, 0.4) is 0 Å². The highest BCUT2D eigenvalue weighted by atomic mass is 16.7. The fourth-order valence-corrected chi connectivity index (χ4v) is 2.20. The molecule has 7 nitrogen and oxygen atoms in total. The first-order chi connectivity index (χ1) is 10.1. The van der Waals surface area contributed by atoms with Gasteiger partial charge in [0.25, 0.3) is 5.95 Å². The highest BCUT2D eigenvalue weighted by Crippen LogP contribution is 2.33. The van der Waals surface area contributed by atoms with E-state index >= 15 is 0 Å². The maximum atomic E-state index is 10.6. The molecule has 2 aromatic rings. The molecule has 1 heterocycles. The van der Waals surface area contributed by atoms with Gasteiger partial charge < -0.3 is 5.11 Å². The van der Waals surface area contributed by atoms with Gasteiger partial charge in [-0.3, -0.25) is 0 Å². The molecule has 0 radical (unpaired) electrons. The summed E-state index contributed by atoms with van der Waals surface area (Å²) >= 11 is 0. The number of aryl methyl sites for hydroxylation is 2. The summed E-state index contributed by atoms with van der Waals surface area (Å²) in [5.74, 6) is 0.105. The molecule has 1 aromatic heterocycles. The number of hydrogen-bond acceptors (Lipinski definition) is 5. The maximum absolute atomic E-state index is 10.6. The Labute approximate surface area is 121 Å². The average molecular weight is 288 g/mol. The van der Waals surface area contributed by atoms with E-state index < -0.39 is 5.03 Å². The second-order valence-corrected chi connectivity index (χ2v) is 4.41. The van der Waals surface area contributed by atoms with Crippen molar-refractivity contribution in [1.82, 2.24) is 9.97 Å². The quantitative estimate of drug-likeness (QED) is 0.647. The highest BCUT2D eigenvalue weighted by Gasteiger charge is 2.18. The minimum Gasteiger partial charge on any atom is -0.507 e. The van der Waals surface area contributed by atoms with Gasteiger partial charge in [0, 0.05) is 11.1 Å². The van der Waals surface area contributed by atoms with Crippen LogP contribution in [0.2, 0.25) is 0 Å². The van der Waals surface area contributed by atoms with Crippen molar-refractivity contribution in [3.8, 4) is 16.9 Å². The molecule has 2 rings (SSSR count). The third-order valence-electron chi connectivity index (χ3n) is 3.09. The Morgan fingerprint density at radius 1 is 1.19 bits per heavy atom. The Morgan fingerprint density at radius 2 is 1.76 bits per heavy atom. The van der Waals surface area contributed by atoms with Crippen LogP contribution in [0.25, 0.3) is 11.1 Å². The number of benzene rings is 1. The summed E-state index contributed by atoms with van der Waals surface area (Å²) in [5, 5.41) is 19.9. The smallest absolute Gasteiger partial charge is 0.285 e. The summed E-state index contributed by atoms with van der Waals surface area (Å²) in [6, 6.07) is 6.93. The zero-order chi connectivity index (χ0) is 15.4. The summed E-state index contributed by atoms with van der Waals surface area (Å²) < 4.78 is 0. The molecule has 7 heteroatoms. The van der Waals surface area contributed by atoms with Crippen molar-refractivity contribution in [3.63, 3.8) is 0 Å². The number of aromatic hydroxyl groups is 1. The third kappa shape index (κ3) is 3.07. The number of hydrazine groups is 1. The van der Waals surface area contributed by atoms with Gasteiger partial charge in [-0.1, -0.05) is 37.5 Å². The van der Waals surface area contributed by atoms with E-state index in [2.05, 4.69) is 9.97 Å². The minimum absolute atomic E-state index is 0.0344. The number of phenols is 1. The molecule has 0 saturated heterocycles. The first-order valence-electron chi connectivity index (χ1n) is 6.66. The number of rotatable bonds is 5. The number of hydrogen-bond donors (Lipinski definition) is 2. The van der Waals surface area contributed by atoms with Gasteiger partial charge >= 0.3 is 0 Å². The van der Waals surface area contributed by atoms with Crippen molar-refractivity contribution in [2.45, 2.75) is 26.7 Å². The van der Waals surface area contributed by atoms with Gasteiger partial charge in [0.2, 0.25) is 0 Å². The largest absolute Gasteiger partial charge is 0.507 e. The van der Waals surface area contributed by atoms with E-state index in [4.69, 9.17) is 0 Å². The lowest BCUT2D eigenvalue weighted by molar-refractivity contribution is -0.446. The number of nitro groups is 1. The Balaban J connectivity index is 2.65. The van der Waals surface area contributed by atoms with Gasteiger partial charge in [0.15, 0.2) is 5.03 Å². The van der Waals surface area contributed by atoms with Crippen molar-refractivity contribution in [2.24, 2.45) is 0 Å². The molecule has 0 aliphatic rings. The van der Waals surface area contributed by atoms with Gasteiger partial charge in [-0.15, -0.1) is 0 Å². The Morgan fingerprint density at radius 3 is 2.24 bits per heavy atom. The van der Waals surface area contributed by atoms with Crippen molar-refractivity contribution >= 4 is 5.95 Å². The first-order valence-corrected chi connectivity index (χ1v) is 6.66. The molecular weight excluding hydrogens is 272 g/mol. The van der Waals surface area contributed by atoms with Crippen LogP contribution < -0.4 is 5.43 Å². The summed E-state index contributed by atoms with van der Waals surface area (Å²) in [4.78, 5) is 18.9. The maximum Gasteiger partial charge on any atom is 0.285 e. The van der Waals surface area contributed by atoms with Crippen LogP contribution in [0, 0.1) is 10.1 Å². The number of nitrogens with one attached hydrogen (secondary N) is 1. The number of anilines is 1. The normalized spacial score (nSPS) is 10.4. The Kier molecular flexibility index (Phi) is 4.32. The molecule has 110 valence electrons. The fourth-order valence-electron chi connectivity index (χ4n) is 2.20. The molecule has 21 heavy (non-hydrogen) atoms. The van der Waals surface area contributed by atoms with E-state index in [9.17, 15) is 15.2 Å². The van der Waals surface area contributed by atoms with Crippen LogP contribution in [-0.2, 0) is 12.8 Å². The van der Waals surface area contributed by atoms with E-state index in [1.807, 2.05) is 25.3 Å². The lowest BCUT2D eigenvalue weighted by Gasteiger charge is -2.14. The molecular formula is C14H16N4O3. The van der Waals surface area contributed by atoms with E-state index in [0.29, 0.717) is 29.8 Å². The average Bonchev–Trinajstić information content (AvgIpc) is 2.46. The lowest BCUT2D eigenvalue weighted by atomic mass is 9.98. The molecule has 0 unspecified atom stereocenters. The van der Waals surface area contributed by atoms with E-state index in [1.165, 1.54) is 0 Å². The number of phenolic OH excluding ortho intramolecular Hbond substituents is 1. The van der Waals surface area contributed by atoms with Crippen LogP contribution in [0.15, 0.2) is 24.3 Å². The monoisotopic (exact) mass is 288 g/mol. The van der Waals surface area contributed by atoms with Crippen molar-refractivity contribution in [3.05, 3.63) is 45.8 Å². The Bertz CT molecular complexity index is 648. The number of aromatic nitrogens is 2. The predicted molar refractivity (Wildman–Crippen MR) is 78.5 cm³/mol. The van der Waals surface area contributed by atoms with Crippen LogP contribution in [0.4, 0.5) is 5.95 Å². The number of nitrogens with zero attached hydrogens (tertiary/aromatic N) is 3. The van der Waals surface area contributed by atoms with Crippen LogP contribution in [-0.4, -0.2) is 20.1 Å². The van der Waals surface area contributed by atoms with E-state index in [-0.39, 0.29) is 11.7 Å². The van der Waals surface area contributed by atoms with Gasteiger partial charge in [-0.2, -0.15) is 0 Å². The molecule has 0 bridgehead atoms. The summed E-state index contributed by atoms with van der Waals surface area (Å²) in [6.45, 7) is 3.81. The molecule has 1 aromatic carbocycles. The van der Waals surface area contributed by atoms with Gasteiger partial charge in [-0.05, 0) is 18.9 Å². The highest BCUT2D eigenvalue weighted by molar-refractivity contribution is 5.74. The Hall–Kier alpha value is -2.70. The lowest BCUT2D eigenvalue weighted by Crippen LogP contribution is -2.14. The SMILES string of the molecule is CCc1nc(N[N+](=O)[O-])nc(CC)c1-c1ccccc1O. The number of para-hydroxylation sites is 1. The molecule has 0 aliphatic carbocycles. The van der Waals surface area contributed by atoms with E-state index in [0.717, 1.165) is 5.56 Å². The molecule has 0 amide bonds. The zero-order valence-electron chi connectivity index (χ0n) is 11.8. The van der Waals surface area contributed by atoms with Gasteiger partial charge in [0.1, 0.15) is 5.75 Å². The van der Waals surface area contributed by atoms with Crippen molar-refractivity contribution in [1.29, 1.82) is 0 Å². The minimum atomic E-state index is -0.687. The first kappa shape index (κ1) is 14.7. The van der Waals surface area contributed by atoms with Crippen LogP contribution in [0.5, 0.6) is 5.75 Å². The summed E-state index contributed by atoms with van der Waals surface area (Å²) in [7, 11) is 0. The molecule has 0 spiro atoms. The topological polar surface area (TPSA) is 101 Å². The summed E-state index contributed by atoms with van der Waals surface area (Å²) in [5.41, 5.74) is 4.69. The van der Waals surface area contributed by atoms with Gasteiger partial charge in [0.05, 0.1) is 11.4 Å². The van der Waals surface area contributed by atoms with Crippen molar-refractivity contribution < 1.29 is 10.1 Å².